The Hall–Kier alpha value is -0.340. The third-order valence-electron chi connectivity index (χ3n) is 1.72. The molecule has 1 saturated heterocycles. The number of hydrogen-bond donors (Lipinski definition) is 1. The first-order chi connectivity index (χ1) is 4.16. The molecular formula is C7H12O2. The molecule has 1 fully saturated rings. The molecule has 1 aliphatic rings. The minimum absolute atomic E-state index is 0.278. The summed E-state index contributed by atoms with van der Waals surface area (Å²) < 4.78 is 5.14. The lowest BCUT2D eigenvalue weighted by Crippen LogP contribution is -2.21. The molecule has 0 aliphatic carbocycles. The SMILES string of the molecule is C=C[C@@]1(C)CCC(O)O1. The molecule has 0 amide bonds. The van der Waals surface area contributed by atoms with Gasteiger partial charge in [-0.15, -0.1) is 6.58 Å². The van der Waals surface area contributed by atoms with Crippen molar-refractivity contribution in [1.29, 1.82) is 0 Å². The average molecular weight is 128 g/mol. The molecular weight excluding hydrogens is 116 g/mol. The van der Waals surface area contributed by atoms with E-state index < -0.39 is 6.29 Å². The normalized spacial score (nSPS) is 43.1. The van der Waals surface area contributed by atoms with Crippen molar-refractivity contribution in [3.63, 3.8) is 0 Å². The van der Waals surface area contributed by atoms with Gasteiger partial charge in [0.2, 0.25) is 0 Å². The highest BCUT2D eigenvalue weighted by atomic mass is 16.6. The Morgan fingerprint density at radius 2 is 2.56 bits per heavy atom. The van der Waals surface area contributed by atoms with Gasteiger partial charge in [0.1, 0.15) is 0 Å². The van der Waals surface area contributed by atoms with Gasteiger partial charge in [0.05, 0.1) is 5.60 Å². The highest BCUT2D eigenvalue weighted by Gasteiger charge is 2.31. The van der Waals surface area contributed by atoms with E-state index in [1.54, 1.807) is 6.08 Å². The van der Waals surface area contributed by atoms with E-state index in [9.17, 15) is 0 Å². The third-order valence-corrected chi connectivity index (χ3v) is 1.72. The van der Waals surface area contributed by atoms with Crippen LogP contribution in [0, 0.1) is 0 Å². The van der Waals surface area contributed by atoms with Crippen LogP contribution in [-0.4, -0.2) is 17.0 Å². The lowest BCUT2D eigenvalue weighted by atomic mass is 10.0. The summed E-state index contributed by atoms with van der Waals surface area (Å²) in [5.74, 6) is 0. The van der Waals surface area contributed by atoms with Crippen LogP contribution in [0.1, 0.15) is 19.8 Å². The molecule has 2 atom stereocenters. The summed E-state index contributed by atoms with van der Waals surface area (Å²) in [6, 6.07) is 0. The molecule has 0 aromatic heterocycles. The van der Waals surface area contributed by atoms with Crippen LogP contribution in [0.15, 0.2) is 12.7 Å². The van der Waals surface area contributed by atoms with Crippen LogP contribution >= 0.6 is 0 Å². The van der Waals surface area contributed by atoms with Crippen molar-refractivity contribution in [2.24, 2.45) is 0 Å². The Kier molecular flexibility index (Phi) is 1.60. The van der Waals surface area contributed by atoms with E-state index in [1.165, 1.54) is 0 Å². The van der Waals surface area contributed by atoms with Crippen LogP contribution in [-0.2, 0) is 4.74 Å². The largest absolute Gasteiger partial charge is 0.368 e. The van der Waals surface area contributed by atoms with Crippen LogP contribution in [0.5, 0.6) is 0 Å². The summed E-state index contributed by atoms with van der Waals surface area (Å²) in [5, 5.41) is 8.93. The summed E-state index contributed by atoms with van der Waals surface area (Å²) in [4.78, 5) is 0. The predicted octanol–water partition coefficient (Wildman–Crippen LogP) is 1.06. The van der Waals surface area contributed by atoms with Gasteiger partial charge in [-0.05, 0) is 13.3 Å². The summed E-state index contributed by atoms with van der Waals surface area (Å²) in [5.41, 5.74) is -0.278. The second-order valence-electron chi connectivity index (χ2n) is 2.63. The van der Waals surface area contributed by atoms with Crippen LogP contribution in [0.3, 0.4) is 0 Å². The predicted molar refractivity (Wildman–Crippen MR) is 34.9 cm³/mol. The van der Waals surface area contributed by atoms with E-state index in [4.69, 9.17) is 9.84 Å². The number of aliphatic hydroxyl groups is 1. The Morgan fingerprint density at radius 1 is 1.89 bits per heavy atom. The van der Waals surface area contributed by atoms with Gasteiger partial charge < -0.3 is 9.84 Å². The lowest BCUT2D eigenvalue weighted by molar-refractivity contribution is -0.112. The number of ether oxygens (including phenoxy) is 1. The molecule has 2 nitrogen and oxygen atoms in total. The molecule has 0 saturated carbocycles. The van der Waals surface area contributed by atoms with E-state index in [2.05, 4.69) is 6.58 Å². The second kappa shape index (κ2) is 2.12. The van der Waals surface area contributed by atoms with Gasteiger partial charge >= 0.3 is 0 Å². The molecule has 0 aromatic carbocycles. The molecule has 1 unspecified atom stereocenters. The van der Waals surface area contributed by atoms with Crippen LogP contribution in [0.25, 0.3) is 0 Å². The fourth-order valence-electron chi connectivity index (χ4n) is 0.989. The molecule has 0 radical (unpaired) electrons. The summed E-state index contributed by atoms with van der Waals surface area (Å²) in [6.07, 6.45) is 2.76. The summed E-state index contributed by atoms with van der Waals surface area (Å²) in [7, 11) is 0. The Labute approximate surface area is 55.1 Å². The minimum Gasteiger partial charge on any atom is -0.368 e. The molecule has 52 valence electrons. The second-order valence-corrected chi connectivity index (χ2v) is 2.63. The maximum Gasteiger partial charge on any atom is 0.155 e. The Balaban J connectivity index is 2.54. The van der Waals surface area contributed by atoms with Gasteiger partial charge in [-0.2, -0.15) is 0 Å². The van der Waals surface area contributed by atoms with Gasteiger partial charge in [0.25, 0.3) is 0 Å². The molecule has 2 heteroatoms. The monoisotopic (exact) mass is 128 g/mol. The van der Waals surface area contributed by atoms with Crippen LogP contribution < -0.4 is 0 Å². The summed E-state index contributed by atoms with van der Waals surface area (Å²) >= 11 is 0. The number of rotatable bonds is 1. The van der Waals surface area contributed by atoms with E-state index in [-0.39, 0.29) is 5.60 Å². The minimum atomic E-state index is -0.576. The van der Waals surface area contributed by atoms with Crippen molar-refractivity contribution < 1.29 is 9.84 Å². The van der Waals surface area contributed by atoms with E-state index in [0.717, 1.165) is 12.8 Å². The van der Waals surface area contributed by atoms with Crippen LogP contribution in [0.4, 0.5) is 0 Å². The highest BCUT2D eigenvalue weighted by Crippen LogP contribution is 2.29. The fourth-order valence-corrected chi connectivity index (χ4v) is 0.989. The van der Waals surface area contributed by atoms with Gasteiger partial charge in [0.15, 0.2) is 6.29 Å². The summed E-state index contributed by atoms with van der Waals surface area (Å²) in [6.45, 7) is 5.54. The van der Waals surface area contributed by atoms with Crippen molar-refractivity contribution >= 4 is 0 Å². The Bertz CT molecular complexity index is 122. The number of hydrogen-bond acceptors (Lipinski definition) is 2. The maximum atomic E-state index is 8.93. The van der Waals surface area contributed by atoms with Crippen molar-refractivity contribution in [3.8, 4) is 0 Å². The first-order valence-corrected chi connectivity index (χ1v) is 3.16. The van der Waals surface area contributed by atoms with Crippen molar-refractivity contribution in [2.45, 2.75) is 31.7 Å². The average Bonchev–Trinajstić information content (AvgIpc) is 2.13. The molecule has 9 heavy (non-hydrogen) atoms. The molecule has 1 rings (SSSR count). The van der Waals surface area contributed by atoms with Crippen LogP contribution in [0.2, 0.25) is 0 Å². The molecule has 1 heterocycles. The van der Waals surface area contributed by atoms with Crippen molar-refractivity contribution in [2.75, 3.05) is 0 Å². The van der Waals surface area contributed by atoms with E-state index in [0.29, 0.717) is 0 Å². The molecule has 0 spiro atoms. The van der Waals surface area contributed by atoms with E-state index >= 15 is 0 Å². The lowest BCUT2D eigenvalue weighted by Gasteiger charge is -2.17. The first-order valence-electron chi connectivity index (χ1n) is 3.16. The fraction of sp³-hybridized carbons (Fsp3) is 0.714. The topological polar surface area (TPSA) is 29.5 Å². The van der Waals surface area contributed by atoms with Gasteiger partial charge in [-0.1, -0.05) is 6.08 Å². The zero-order valence-electron chi connectivity index (χ0n) is 5.63. The van der Waals surface area contributed by atoms with Gasteiger partial charge in [-0.25, -0.2) is 0 Å². The molecule has 1 aliphatic heterocycles. The van der Waals surface area contributed by atoms with Crippen molar-refractivity contribution in [1.82, 2.24) is 0 Å². The smallest absolute Gasteiger partial charge is 0.155 e. The molecule has 0 aromatic rings. The van der Waals surface area contributed by atoms with Gasteiger partial charge in [-0.3, -0.25) is 0 Å². The third kappa shape index (κ3) is 1.32. The van der Waals surface area contributed by atoms with Gasteiger partial charge in [0, 0.05) is 6.42 Å². The standard InChI is InChI=1S/C7H12O2/c1-3-7(2)5-4-6(8)9-7/h3,6,8H,1,4-5H2,2H3/t6?,7-/m0/s1. The quantitative estimate of drug-likeness (QED) is 0.535. The van der Waals surface area contributed by atoms with E-state index in [1.807, 2.05) is 6.92 Å². The maximum absolute atomic E-state index is 8.93. The zero-order valence-corrected chi connectivity index (χ0v) is 5.63. The first kappa shape index (κ1) is 6.78. The number of aliphatic hydroxyl groups excluding tert-OH is 1. The highest BCUT2D eigenvalue weighted by molar-refractivity contribution is 4.96. The zero-order chi connectivity index (χ0) is 6.91. The molecule has 0 bridgehead atoms. The molecule has 1 N–H and O–H groups in total. The Morgan fingerprint density at radius 3 is 2.78 bits per heavy atom. The van der Waals surface area contributed by atoms with Crippen molar-refractivity contribution in [3.05, 3.63) is 12.7 Å².